The maximum atomic E-state index is 8.69. The van der Waals surface area contributed by atoms with Gasteiger partial charge in [0.05, 0.1) is 0 Å². The third kappa shape index (κ3) is 3.16. The van der Waals surface area contributed by atoms with Gasteiger partial charge in [-0.2, -0.15) is 0 Å². The number of aliphatic hydroxyl groups excluding tert-OH is 1. The van der Waals surface area contributed by atoms with Crippen LogP contribution in [-0.2, 0) is 0 Å². The van der Waals surface area contributed by atoms with E-state index < -0.39 is 0 Å². The summed E-state index contributed by atoms with van der Waals surface area (Å²) in [5, 5.41) is 9.82. The molecule has 2 nitrogen and oxygen atoms in total. The first-order valence-electron chi connectivity index (χ1n) is 3.96. The van der Waals surface area contributed by atoms with Gasteiger partial charge in [0, 0.05) is 22.7 Å². The van der Waals surface area contributed by atoms with Gasteiger partial charge in [0.1, 0.15) is 0 Å². The zero-order valence-corrected chi connectivity index (χ0v) is 8.52. The van der Waals surface area contributed by atoms with Crippen molar-refractivity contribution in [2.45, 2.75) is 12.5 Å². The molecule has 3 N–H and O–H groups in total. The highest BCUT2D eigenvalue weighted by atomic mass is 35.5. The Morgan fingerprint density at radius 1 is 1.23 bits per heavy atom. The second-order valence-electron chi connectivity index (χ2n) is 2.82. The molecule has 0 aromatic heterocycles. The fourth-order valence-corrected chi connectivity index (χ4v) is 1.64. The third-order valence-electron chi connectivity index (χ3n) is 1.75. The van der Waals surface area contributed by atoms with E-state index in [2.05, 4.69) is 0 Å². The van der Waals surface area contributed by atoms with Gasteiger partial charge in [0.25, 0.3) is 0 Å². The van der Waals surface area contributed by atoms with Gasteiger partial charge in [-0.05, 0) is 30.2 Å². The standard InChI is InChI=1S/C9H11Cl2NO/c10-7-3-6(4-8(11)5-7)9(12)1-2-13/h3-5,9,13H,1-2,12H2/t9-/m1/s1. The largest absolute Gasteiger partial charge is 0.396 e. The molecule has 0 bridgehead atoms. The molecule has 72 valence electrons. The van der Waals surface area contributed by atoms with Gasteiger partial charge in [-0.1, -0.05) is 23.2 Å². The molecule has 0 aliphatic heterocycles. The SMILES string of the molecule is N[C@H](CCO)c1cc(Cl)cc(Cl)c1. The van der Waals surface area contributed by atoms with Crippen molar-refractivity contribution in [2.75, 3.05) is 6.61 Å². The summed E-state index contributed by atoms with van der Waals surface area (Å²) in [6.45, 7) is 0.0608. The molecule has 4 heteroatoms. The quantitative estimate of drug-likeness (QED) is 0.821. The van der Waals surface area contributed by atoms with Gasteiger partial charge in [-0.3, -0.25) is 0 Å². The van der Waals surface area contributed by atoms with Crippen LogP contribution in [0.15, 0.2) is 18.2 Å². The van der Waals surface area contributed by atoms with E-state index in [0.717, 1.165) is 5.56 Å². The molecule has 13 heavy (non-hydrogen) atoms. The number of nitrogens with two attached hydrogens (primary N) is 1. The number of benzene rings is 1. The summed E-state index contributed by atoms with van der Waals surface area (Å²) >= 11 is 11.6. The fourth-order valence-electron chi connectivity index (χ4n) is 1.09. The van der Waals surface area contributed by atoms with Gasteiger partial charge in [-0.15, -0.1) is 0 Å². The van der Waals surface area contributed by atoms with Gasteiger partial charge in [-0.25, -0.2) is 0 Å². The molecule has 0 radical (unpaired) electrons. The second-order valence-corrected chi connectivity index (χ2v) is 3.69. The Labute approximate surface area is 87.3 Å². The van der Waals surface area contributed by atoms with E-state index in [1.54, 1.807) is 18.2 Å². The lowest BCUT2D eigenvalue weighted by Crippen LogP contribution is -2.11. The third-order valence-corrected chi connectivity index (χ3v) is 2.19. The van der Waals surface area contributed by atoms with Crippen LogP contribution in [-0.4, -0.2) is 11.7 Å². The van der Waals surface area contributed by atoms with Gasteiger partial charge >= 0.3 is 0 Å². The summed E-state index contributed by atoms with van der Waals surface area (Å²) < 4.78 is 0. The molecule has 0 spiro atoms. The van der Waals surface area contributed by atoms with Crippen LogP contribution in [0.1, 0.15) is 18.0 Å². The van der Waals surface area contributed by atoms with Gasteiger partial charge in [0.15, 0.2) is 0 Å². The maximum absolute atomic E-state index is 8.69. The average Bonchev–Trinajstić information content (AvgIpc) is 2.03. The van der Waals surface area contributed by atoms with Crippen LogP contribution in [0.5, 0.6) is 0 Å². The number of halogens is 2. The van der Waals surface area contributed by atoms with E-state index >= 15 is 0 Å². The summed E-state index contributed by atoms with van der Waals surface area (Å²) in [5.41, 5.74) is 6.62. The zero-order valence-electron chi connectivity index (χ0n) is 7.00. The molecule has 0 saturated carbocycles. The molecule has 0 heterocycles. The molecule has 0 aliphatic carbocycles. The first kappa shape index (κ1) is 10.8. The summed E-state index contributed by atoms with van der Waals surface area (Å²) in [6, 6.07) is 4.96. The predicted molar refractivity (Wildman–Crippen MR) is 55.1 cm³/mol. The van der Waals surface area contributed by atoms with Crippen molar-refractivity contribution < 1.29 is 5.11 Å². The van der Waals surface area contributed by atoms with Crippen molar-refractivity contribution in [1.82, 2.24) is 0 Å². The van der Waals surface area contributed by atoms with E-state index in [1.807, 2.05) is 0 Å². The summed E-state index contributed by atoms with van der Waals surface area (Å²) in [5.74, 6) is 0. The van der Waals surface area contributed by atoms with E-state index in [0.29, 0.717) is 16.5 Å². The fraction of sp³-hybridized carbons (Fsp3) is 0.333. The molecule has 0 amide bonds. The number of hydrogen-bond donors (Lipinski definition) is 2. The minimum absolute atomic E-state index is 0.0608. The smallest absolute Gasteiger partial charge is 0.0449 e. The highest BCUT2D eigenvalue weighted by Crippen LogP contribution is 2.23. The van der Waals surface area contributed by atoms with E-state index in [9.17, 15) is 0 Å². The van der Waals surface area contributed by atoms with E-state index in [-0.39, 0.29) is 12.6 Å². The molecule has 1 rings (SSSR count). The predicted octanol–water partition coefficient (Wildman–Crippen LogP) is 2.38. The molecule has 0 aliphatic rings. The van der Waals surface area contributed by atoms with E-state index in [4.69, 9.17) is 34.0 Å². The summed E-state index contributed by atoms with van der Waals surface area (Å²) in [7, 11) is 0. The monoisotopic (exact) mass is 219 g/mol. The Bertz CT molecular complexity index is 271. The second kappa shape index (κ2) is 4.82. The number of hydrogen-bond acceptors (Lipinski definition) is 2. The van der Waals surface area contributed by atoms with Crippen LogP contribution in [0, 0.1) is 0 Å². The van der Waals surface area contributed by atoms with Crippen molar-refractivity contribution in [3.8, 4) is 0 Å². The van der Waals surface area contributed by atoms with Crippen LogP contribution >= 0.6 is 23.2 Å². The van der Waals surface area contributed by atoms with Gasteiger partial charge in [0.2, 0.25) is 0 Å². The first-order valence-corrected chi connectivity index (χ1v) is 4.71. The topological polar surface area (TPSA) is 46.2 Å². The van der Waals surface area contributed by atoms with Crippen molar-refractivity contribution in [3.05, 3.63) is 33.8 Å². The molecule has 1 aromatic rings. The van der Waals surface area contributed by atoms with Crippen molar-refractivity contribution in [2.24, 2.45) is 5.73 Å². The lowest BCUT2D eigenvalue weighted by molar-refractivity contribution is 0.276. The average molecular weight is 220 g/mol. The van der Waals surface area contributed by atoms with Crippen LogP contribution in [0.25, 0.3) is 0 Å². The normalized spacial score (nSPS) is 12.9. The van der Waals surface area contributed by atoms with Crippen LogP contribution in [0.2, 0.25) is 10.0 Å². The minimum atomic E-state index is -0.207. The molecular weight excluding hydrogens is 209 g/mol. The Morgan fingerprint density at radius 3 is 2.23 bits per heavy atom. The van der Waals surface area contributed by atoms with E-state index in [1.165, 1.54) is 0 Å². The Morgan fingerprint density at radius 2 is 1.77 bits per heavy atom. The van der Waals surface area contributed by atoms with Crippen LogP contribution in [0.3, 0.4) is 0 Å². The van der Waals surface area contributed by atoms with Crippen molar-refractivity contribution >= 4 is 23.2 Å². The lowest BCUT2D eigenvalue weighted by atomic mass is 10.1. The highest BCUT2D eigenvalue weighted by molar-refractivity contribution is 6.34. The molecule has 0 fully saturated rings. The molecule has 0 saturated heterocycles. The molecular formula is C9H11Cl2NO. The highest BCUT2D eigenvalue weighted by Gasteiger charge is 2.06. The molecule has 1 atom stereocenters. The lowest BCUT2D eigenvalue weighted by Gasteiger charge is -2.10. The van der Waals surface area contributed by atoms with Crippen molar-refractivity contribution in [1.29, 1.82) is 0 Å². The number of aliphatic hydroxyl groups is 1. The van der Waals surface area contributed by atoms with Crippen LogP contribution in [0.4, 0.5) is 0 Å². The molecule has 0 unspecified atom stereocenters. The Balaban J connectivity index is 2.87. The maximum Gasteiger partial charge on any atom is 0.0449 e. The zero-order chi connectivity index (χ0) is 9.84. The Hall–Kier alpha value is -0.280. The molecule has 1 aromatic carbocycles. The van der Waals surface area contributed by atoms with Crippen LogP contribution < -0.4 is 5.73 Å². The van der Waals surface area contributed by atoms with Crippen molar-refractivity contribution in [3.63, 3.8) is 0 Å². The minimum Gasteiger partial charge on any atom is -0.396 e. The Kier molecular flexibility index (Phi) is 4.00. The van der Waals surface area contributed by atoms with Gasteiger partial charge < -0.3 is 10.8 Å². The number of rotatable bonds is 3. The first-order chi connectivity index (χ1) is 6.13. The summed E-state index contributed by atoms with van der Waals surface area (Å²) in [6.07, 6.45) is 0.511. The summed E-state index contributed by atoms with van der Waals surface area (Å²) in [4.78, 5) is 0.